The van der Waals surface area contributed by atoms with Crippen LogP contribution in [0.15, 0.2) is 60.0 Å². The molecular weight excluding hydrogens is 479 g/mol. The van der Waals surface area contributed by atoms with Gasteiger partial charge in [0.1, 0.15) is 11.6 Å². The molecule has 0 unspecified atom stereocenters. The number of benzene rings is 2. The van der Waals surface area contributed by atoms with Crippen LogP contribution >= 0.6 is 11.3 Å². The number of hydrogen-bond acceptors (Lipinski definition) is 5. The molecule has 0 aliphatic heterocycles. The van der Waals surface area contributed by atoms with Crippen LogP contribution in [0.4, 0.5) is 4.39 Å². The lowest BCUT2D eigenvalue weighted by atomic mass is 10.1. The van der Waals surface area contributed by atoms with E-state index in [1.807, 2.05) is 42.6 Å². The molecule has 2 amide bonds. The maximum atomic E-state index is 13.6. The van der Waals surface area contributed by atoms with Gasteiger partial charge in [0.2, 0.25) is 11.8 Å². The molecule has 0 saturated heterocycles. The maximum Gasteiger partial charge on any atom is 0.242 e. The highest BCUT2D eigenvalue weighted by atomic mass is 32.1. The molecule has 0 bridgehead atoms. The summed E-state index contributed by atoms with van der Waals surface area (Å²) in [5.41, 5.74) is 2.79. The Kier molecular flexibility index (Phi) is 10.5. The minimum Gasteiger partial charge on any atom is -0.497 e. The highest BCUT2D eigenvalue weighted by Crippen LogP contribution is 2.20. The highest BCUT2D eigenvalue weighted by molar-refractivity contribution is 7.10. The molecule has 36 heavy (non-hydrogen) atoms. The molecule has 0 fully saturated rings. The highest BCUT2D eigenvalue weighted by Gasteiger charge is 2.23. The van der Waals surface area contributed by atoms with Gasteiger partial charge in [-0.2, -0.15) is 0 Å². The first-order chi connectivity index (χ1) is 17.4. The maximum absolute atomic E-state index is 13.6. The summed E-state index contributed by atoms with van der Waals surface area (Å²) in [5, 5.41) is 2.00. The van der Waals surface area contributed by atoms with Crippen molar-refractivity contribution in [1.82, 2.24) is 9.80 Å². The minimum absolute atomic E-state index is 0.0374. The summed E-state index contributed by atoms with van der Waals surface area (Å²) in [6.45, 7) is 3.64. The lowest BCUT2D eigenvalue weighted by molar-refractivity contribution is -0.141. The molecule has 0 aliphatic rings. The number of rotatable bonds is 13. The van der Waals surface area contributed by atoms with Crippen molar-refractivity contribution in [2.24, 2.45) is 0 Å². The number of carbonyl (C=O) groups is 2. The van der Waals surface area contributed by atoms with Gasteiger partial charge in [-0.15, -0.1) is 11.3 Å². The van der Waals surface area contributed by atoms with Crippen molar-refractivity contribution in [1.29, 1.82) is 0 Å². The third kappa shape index (κ3) is 8.17. The fraction of sp³-hybridized carbons (Fsp3) is 0.357. The molecule has 0 aliphatic carbocycles. The number of methoxy groups -OCH3 is 2. The number of hydrogen-bond donors (Lipinski definition) is 0. The third-order valence-electron chi connectivity index (χ3n) is 5.91. The van der Waals surface area contributed by atoms with Crippen LogP contribution in [-0.4, -0.2) is 55.5 Å². The van der Waals surface area contributed by atoms with E-state index in [-0.39, 0.29) is 30.6 Å². The Morgan fingerprint density at radius 3 is 2.19 bits per heavy atom. The van der Waals surface area contributed by atoms with Gasteiger partial charge in [-0.3, -0.25) is 9.59 Å². The molecule has 6 nitrogen and oxygen atoms in total. The first-order valence-electron chi connectivity index (χ1n) is 11.8. The fourth-order valence-corrected chi connectivity index (χ4v) is 4.69. The van der Waals surface area contributed by atoms with Gasteiger partial charge >= 0.3 is 0 Å². The molecule has 1 aromatic heterocycles. The van der Waals surface area contributed by atoms with Crippen LogP contribution in [0.5, 0.6) is 5.75 Å². The third-order valence-corrected chi connectivity index (χ3v) is 6.92. The van der Waals surface area contributed by atoms with Crippen LogP contribution < -0.4 is 4.74 Å². The van der Waals surface area contributed by atoms with Gasteiger partial charge < -0.3 is 19.3 Å². The van der Waals surface area contributed by atoms with E-state index in [1.165, 1.54) is 12.1 Å². The molecule has 0 spiro atoms. The van der Waals surface area contributed by atoms with Crippen LogP contribution in [0.3, 0.4) is 0 Å². The average molecular weight is 513 g/mol. The molecule has 8 heteroatoms. The van der Waals surface area contributed by atoms with Gasteiger partial charge in [-0.05, 0) is 65.7 Å². The molecule has 3 rings (SSSR count). The second kappa shape index (κ2) is 13.8. The monoisotopic (exact) mass is 512 g/mol. The predicted octanol–water partition coefficient (Wildman–Crippen LogP) is 4.84. The SMILES string of the molecule is COCCCN(CC(=O)N(Cc1ccc(F)cc1)Cc1sccc1C)C(=O)Cc1ccc(OC)cc1. The number of aryl methyl sites for hydroxylation is 1. The Morgan fingerprint density at radius 1 is 0.889 bits per heavy atom. The van der Waals surface area contributed by atoms with Gasteiger partial charge in [0.05, 0.1) is 26.6 Å². The van der Waals surface area contributed by atoms with Crippen LogP contribution in [0.2, 0.25) is 0 Å². The Morgan fingerprint density at radius 2 is 1.58 bits per heavy atom. The van der Waals surface area contributed by atoms with E-state index in [0.29, 0.717) is 32.7 Å². The molecule has 3 aromatic rings. The Bertz CT molecular complexity index is 1120. The number of carbonyl (C=O) groups excluding carboxylic acids is 2. The summed E-state index contributed by atoms with van der Waals surface area (Å²) in [4.78, 5) is 31.2. The Hall–Kier alpha value is -3.23. The number of ether oxygens (including phenoxy) is 2. The van der Waals surface area contributed by atoms with Gasteiger partial charge in [0.25, 0.3) is 0 Å². The van der Waals surface area contributed by atoms with E-state index >= 15 is 0 Å². The molecule has 1 heterocycles. The van der Waals surface area contributed by atoms with Gasteiger partial charge in [0.15, 0.2) is 0 Å². The van der Waals surface area contributed by atoms with Crippen molar-refractivity contribution >= 4 is 23.2 Å². The molecule has 0 saturated carbocycles. The van der Waals surface area contributed by atoms with Crippen LogP contribution in [0.1, 0.15) is 28.0 Å². The lowest BCUT2D eigenvalue weighted by Crippen LogP contribution is -2.43. The summed E-state index contributed by atoms with van der Waals surface area (Å²) in [5.74, 6) is 0.115. The minimum atomic E-state index is -0.320. The van der Waals surface area contributed by atoms with Gasteiger partial charge in [0, 0.05) is 31.7 Å². The zero-order valence-electron chi connectivity index (χ0n) is 21.0. The summed E-state index contributed by atoms with van der Waals surface area (Å²) in [7, 11) is 3.21. The zero-order valence-corrected chi connectivity index (χ0v) is 21.9. The van der Waals surface area contributed by atoms with Crippen LogP contribution in [-0.2, 0) is 33.8 Å². The van der Waals surface area contributed by atoms with E-state index in [9.17, 15) is 14.0 Å². The molecule has 0 radical (unpaired) electrons. The standard InChI is InChI=1S/C28H33FN2O4S/c1-21-13-16-36-26(21)19-31(18-23-5-9-24(29)10-6-23)28(33)20-30(14-4-15-34-2)27(32)17-22-7-11-25(35-3)12-8-22/h5-13,16H,4,14-15,17-20H2,1-3H3. The second-order valence-electron chi connectivity index (χ2n) is 8.59. The smallest absolute Gasteiger partial charge is 0.242 e. The summed E-state index contributed by atoms with van der Waals surface area (Å²) in [6, 6.07) is 15.5. The topological polar surface area (TPSA) is 59.1 Å². The first kappa shape index (κ1) is 27.4. The Labute approximate surface area is 216 Å². The number of amides is 2. The van der Waals surface area contributed by atoms with E-state index < -0.39 is 0 Å². The molecule has 192 valence electrons. The van der Waals surface area contributed by atoms with Crippen LogP contribution in [0, 0.1) is 12.7 Å². The van der Waals surface area contributed by atoms with Crippen molar-refractivity contribution in [3.05, 3.63) is 87.4 Å². The van der Waals surface area contributed by atoms with Crippen molar-refractivity contribution in [3.63, 3.8) is 0 Å². The zero-order chi connectivity index (χ0) is 25.9. The van der Waals surface area contributed by atoms with E-state index in [1.54, 1.807) is 47.5 Å². The number of nitrogens with zero attached hydrogens (tertiary/aromatic N) is 2. The molecule has 0 atom stereocenters. The summed E-state index contributed by atoms with van der Waals surface area (Å²) >= 11 is 1.59. The number of thiophene rings is 1. The van der Waals surface area contributed by atoms with Gasteiger partial charge in [-0.25, -0.2) is 4.39 Å². The van der Waals surface area contributed by atoms with E-state index in [0.717, 1.165) is 27.3 Å². The van der Waals surface area contributed by atoms with Crippen molar-refractivity contribution in [3.8, 4) is 5.75 Å². The van der Waals surface area contributed by atoms with Gasteiger partial charge in [-0.1, -0.05) is 24.3 Å². The van der Waals surface area contributed by atoms with Crippen molar-refractivity contribution < 1.29 is 23.5 Å². The van der Waals surface area contributed by atoms with Crippen molar-refractivity contribution in [2.45, 2.75) is 32.9 Å². The molecule has 0 N–H and O–H groups in total. The Balaban J connectivity index is 1.76. The molecule has 2 aromatic carbocycles. The summed E-state index contributed by atoms with van der Waals surface area (Å²) in [6.07, 6.45) is 0.812. The van der Waals surface area contributed by atoms with E-state index in [2.05, 4.69) is 0 Å². The second-order valence-corrected chi connectivity index (χ2v) is 9.59. The largest absolute Gasteiger partial charge is 0.497 e. The normalized spacial score (nSPS) is 10.8. The number of halogens is 1. The summed E-state index contributed by atoms with van der Waals surface area (Å²) < 4.78 is 23.8. The van der Waals surface area contributed by atoms with Crippen molar-refractivity contribution in [2.75, 3.05) is 33.9 Å². The fourth-order valence-electron chi connectivity index (χ4n) is 3.77. The quantitative estimate of drug-likeness (QED) is 0.308. The first-order valence-corrected chi connectivity index (χ1v) is 12.7. The predicted molar refractivity (Wildman–Crippen MR) is 139 cm³/mol. The lowest BCUT2D eigenvalue weighted by Gasteiger charge is -2.28. The van der Waals surface area contributed by atoms with E-state index in [4.69, 9.17) is 9.47 Å². The average Bonchev–Trinajstić information content (AvgIpc) is 3.28. The van der Waals surface area contributed by atoms with Crippen LogP contribution in [0.25, 0.3) is 0 Å². The molecular formula is C28H33FN2O4S.